The van der Waals surface area contributed by atoms with Crippen molar-refractivity contribution in [2.75, 3.05) is 6.54 Å². The molecule has 0 spiro atoms. The lowest BCUT2D eigenvalue weighted by Gasteiger charge is -2.02. The van der Waals surface area contributed by atoms with E-state index in [0.717, 1.165) is 19.4 Å². The Morgan fingerprint density at radius 3 is 2.50 bits per heavy atom. The fourth-order valence-electron chi connectivity index (χ4n) is 1.18. The van der Waals surface area contributed by atoms with Crippen molar-refractivity contribution in [3.63, 3.8) is 0 Å². The second-order valence-electron chi connectivity index (χ2n) is 2.82. The lowest BCUT2D eigenvalue weighted by Crippen LogP contribution is -2.00. The average Bonchev–Trinajstić information content (AvgIpc) is 2.03. The molecule has 0 unspecified atom stereocenters. The number of aryl methyl sites for hydroxylation is 2. The van der Waals surface area contributed by atoms with Crippen LogP contribution in [-0.2, 0) is 6.42 Å². The molecule has 0 amide bonds. The minimum absolute atomic E-state index is 0. The molecule has 0 aromatic heterocycles. The minimum atomic E-state index is 0. The van der Waals surface area contributed by atoms with E-state index in [2.05, 4.69) is 31.2 Å². The first-order valence-electron chi connectivity index (χ1n) is 4.09. The van der Waals surface area contributed by atoms with Gasteiger partial charge in [0.1, 0.15) is 0 Å². The maximum absolute atomic E-state index is 5.43. The standard InChI is InChI=1S/C10H15N.ClH/c1-9-5-2-3-6-10(9)7-4-8-11;/h2-3,5-6H,4,7-8,11H2,1H3;1H. The Morgan fingerprint density at radius 1 is 1.25 bits per heavy atom. The van der Waals surface area contributed by atoms with E-state index in [0.29, 0.717) is 0 Å². The van der Waals surface area contributed by atoms with Crippen LogP contribution in [0.3, 0.4) is 0 Å². The molecule has 0 saturated carbocycles. The van der Waals surface area contributed by atoms with E-state index in [-0.39, 0.29) is 12.4 Å². The van der Waals surface area contributed by atoms with Crippen LogP contribution in [0.15, 0.2) is 24.3 Å². The van der Waals surface area contributed by atoms with E-state index in [1.807, 2.05) is 0 Å². The van der Waals surface area contributed by atoms with E-state index in [1.165, 1.54) is 11.1 Å². The molecule has 2 N–H and O–H groups in total. The molecule has 1 rings (SSSR count). The SMILES string of the molecule is Cc1ccccc1CCCN.Cl. The molecule has 0 atom stereocenters. The summed E-state index contributed by atoms with van der Waals surface area (Å²) in [5.41, 5.74) is 8.23. The van der Waals surface area contributed by atoms with Gasteiger partial charge in [-0.3, -0.25) is 0 Å². The highest BCUT2D eigenvalue weighted by Gasteiger charge is 1.94. The van der Waals surface area contributed by atoms with Crippen molar-refractivity contribution in [2.24, 2.45) is 5.73 Å². The van der Waals surface area contributed by atoms with Crippen LogP contribution < -0.4 is 5.73 Å². The number of halogens is 1. The van der Waals surface area contributed by atoms with Gasteiger partial charge < -0.3 is 5.73 Å². The van der Waals surface area contributed by atoms with Gasteiger partial charge in [0.2, 0.25) is 0 Å². The van der Waals surface area contributed by atoms with Crippen molar-refractivity contribution in [2.45, 2.75) is 19.8 Å². The van der Waals surface area contributed by atoms with E-state index in [4.69, 9.17) is 5.73 Å². The van der Waals surface area contributed by atoms with Crippen LogP contribution in [0.4, 0.5) is 0 Å². The van der Waals surface area contributed by atoms with Crippen molar-refractivity contribution < 1.29 is 0 Å². The van der Waals surface area contributed by atoms with Gasteiger partial charge in [-0.05, 0) is 37.4 Å². The zero-order valence-electron chi connectivity index (χ0n) is 7.42. The number of nitrogens with two attached hydrogens (primary N) is 1. The zero-order valence-corrected chi connectivity index (χ0v) is 8.23. The molecule has 0 saturated heterocycles. The maximum atomic E-state index is 5.43. The Balaban J connectivity index is 0.00000121. The Hall–Kier alpha value is -0.530. The highest BCUT2D eigenvalue weighted by molar-refractivity contribution is 5.85. The number of hydrogen-bond acceptors (Lipinski definition) is 1. The molecule has 1 aromatic carbocycles. The van der Waals surface area contributed by atoms with Gasteiger partial charge in [-0.1, -0.05) is 24.3 Å². The summed E-state index contributed by atoms with van der Waals surface area (Å²) in [7, 11) is 0. The predicted molar refractivity (Wildman–Crippen MR) is 55.8 cm³/mol. The van der Waals surface area contributed by atoms with Crippen molar-refractivity contribution in [3.05, 3.63) is 35.4 Å². The van der Waals surface area contributed by atoms with Crippen LogP contribution in [0.1, 0.15) is 17.5 Å². The molecular formula is C10H16ClN. The van der Waals surface area contributed by atoms with Crippen LogP contribution in [0.2, 0.25) is 0 Å². The molecule has 0 heterocycles. The molecule has 0 aliphatic rings. The molecular weight excluding hydrogens is 170 g/mol. The molecule has 0 radical (unpaired) electrons. The van der Waals surface area contributed by atoms with E-state index in [1.54, 1.807) is 0 Å². The number of benzene rings is 1. The highest BCUT2D eigenvalue weighted by atomic mass is 35.5. The monoisotopic (exact) mass is 185 g/mol. The maximum Gasteiger partial charge on any atom is -0.00741 e. The molecule has 1 aromatic rings. The zero-order chi connectivity index (χ0) is 8.10. The van der Waals surface area contributed by atoms with Crippen LogP contribution in [0.5, 0.6) is 0 Å². The van der Waals surface area contributed by atoms with Crippen LogP contribution >= 0.6 is 12.4 Å². The summed E-state index contributed by atoms with van der Waals surface area (Å²) < 4.78 is 0. The van der Waals surface area contributed by atoms with Gasteiger partial charge >= 0.3 is 0 Å². The van der Waals surface area contributed by atoms with Crippen molar-refractivity contribution in [3.8, 4) is 0 Å². The second-order valence-corrected chi connectivity index (χ2v) is 2.82. The lowest BCUT2D eigenvalue weighted by atomic mass is 10.0. The quantitative estimate of drug-likeness (QED) is 0.769. The van der Waals surface area contributed by atoms with E-state index < -0.39 is 0 Å². The molecule has 0 fully saturated rings. The Bertz CT molecular complexity index is 223. The summed E-state index contributed by atoms with van der Waals surface area (Å²) in [6, 6.07) is 8.47. The lowest BCUT2D eigenvalue weighted by molar-refractivity contribution is 0.828. The highest BCUT2D eigenvalue weighted by Crippen LogP contribution is 2.08. The van der Waals surface area contributed by atoms with Gasteiger partial charge in [-0.15, -0.1) is 12.4 Å². The molecule has 0 aliphatic heterocycles. The topological polar surface area (TPSA) is 26.0 Å². The summed E-state index contributed by atoms with van der Waals surface area (Å²) in [5, 5.41) is 0. The van der Waals surface area contributed by atoms with Crippen molar-refractivity contribution >= 4 is 12.4 Å². The average molecular weight is 186 g/mol. The van der Waals surface area contributed by atoms with Crippen LogP contribution in [0, 0.1) is 6.92 Å². The normalized spacial score (nSPS) is 9.17. The third-order valence-corrected chi connectivity index (χ3v) is 1.91. The fourth-order valence-corrected chi connectivity index (χ4v) is 1.18. The smallest absolute Gasteiger partial charge is 0.00741 e. The Morgan fingerprint density at radius 2 is 1.92 bits per heavy atom. The number of rotatable bonds is 3. The Kier molecular flexibility index (Phi) is 5.77. The third kappa shape index (κ3) is 3.24. The van der Waals surface area contributed by atoms with Crippen LogP contribution in [0.25, 0.3) is 0 Å². The van der Waals surface area contributed by atoms with E-state index in [9.17, 15) is 0 Å². The Labute approximate surface area is 80.4 Å². The van der Waals surface area contributed by atoms with Crippen LogP contribution in [-0.4, -0.2) is 6.54 Å². The summed E-state index contributed by atoms with van der Waals surface area (Å²) in [6.45, 7) is 2.93. The van der Waals surface area contributed by atoms with Crippen molar-refractivity contribution in [1.29, 1.82) is 0 Å². The second kappa shape index (κ2) is 6.04. The molecule has 1 nitrogen and oxygen atoms in total. The van der Waals surface area contributed by atoms with Gasteiger partial charge in [-0.2, -0.15) is 0 Å². The summed E-state index contributed by atoms with van der Waals surface area (Å²) in [4.78, 5) is 0. The first kappa shape index (κ1) is 11.5. The van der Waals surface area contributed by atoms with Gasteiger partial charge in [0.05, 0.1) is 0 Å². The molecule has 12 heavy (non-hydrogen) atoms. The first-order valence-corrected chi connectivity index (χ1v) is 4.09. The van der Waals surface area contributed by atoms with Crippen molar-refractivity contribution in [1.82, 2.24) is 0 Å². The summed E-state index contributed by atoms with van der Waals surface area (Å²) in [5.74, 6) is 0. The minimum Gasteiger partial charge on any atom is -0.330 e. The fraction of sp³-hybridized carbons (Fsp3) is 0.400. The summed E-state index contributed by atoms with van der Waals surface area (Å²) >= 11 is 0. The van der Waals surface area contributed by atoms with Gasteiger partial charge in [0.15, 0.2) is 0 Å². The molecule has 0 aliphatic carbocycles. The predicted octanol–water partition coefficient (Wildman–Crippen LogP) is 2.31. The van der Waals surface area contributed by atoms with Gasteiger partial charge in [0, 0.05) is 0 Å². The molecule has 68 valence electrons. The van der Waals surface area contributed by atoms with E-state index >= 15 is 0 Å². The largest absolute Gasteiger partial charge is 0.330 e. The van der Waals surface area contributed by atoms with Gasteiger partial charge in [0.25, 0.3) is 0 Å². The summed E-state index contributed by atoms with van der Waals surface area (Å²) in [6.07, 6.45) is 2.20. The molecule has 0 bridgehead atoms. The number of hydrogen-bond donors (Lipinski definition) is 1. The van der Waals surface area contributed by atoms with Gasteiger partial charge in [-0.25, -0.2) is 0 Å². The third-order valence-electron chi connectivity index (χ3n) is 1.91. The first-order chi connectivity index (χ1) is 5.34. The molecule has 2 heteroatoms.